The van der Waals surface area contributed by atoms with E-state index in [0.717, 1.165) is 38.8 Å². The Hall–Kier alpha value is -3.07. The van der Waals surface area contributed by atoms with Crippen LogP contribution in [0.5, 0.6) is 0 Å². The van der Waals surface area contributed by atoms with Crippen molar-refractivity contribution in [2.75, 3.05) is 39.5 Å². The van der Waals surface area contributed by atoms with Crippen molar-refractivity contribution in [3.8, 4) is 0 Å². The SMILES string of the molecule is O=C(CC/C=C\CC[C@H]1[C@H](N2CCOCC2)C(=O)C[C@H]1OCC1C=CC(c2ccccc2)CC1)OC1=CCOC1=O. The zero-order valence-corrected chi connectivity index (χ0v) is 23.7. The van der Waals surface area contributed by atoms with Crippen LogP contribution in [0.15, 0.2) is 66.5 Å². The van der Waals surface area contributed by atoms with E-state index < -0.39 is 11.9 Å². The third kappa shape index (κ3) is 8.03. The number of morpholine rings is 1. The zero-order valence-electron chi connectivity index (χ0n) is 23.7. The fourth-order valence-electron chi connectivity index (χ4n) is 6.34. The van der Waals surface area contributed by atoms with E-state index in [1.165, 1.54) is 11.6 Å². The molecule has 8 nitrogen and oxygen atoms in total. The Morgan fingerprint density at radius 2 is 1.83 bits per heavy atom. The van der Waals surface area contributed by atoms with E-state index in [4.69, 9.17) is 18.9 Å². The minimum absolute atomic E-state index is 0.0233. The second-order valence-electron chi connectivity index (χ2n) is 11.3. The van der Waals surface area contributed by atoms with E-state index in [-0.39, 0.29) is 42.6 Å². The normalized spacial score (nSPS) is 28.7. The fraction of sp³-hybridized carbons (Fsp3) is 0.545. The molecule has 5 atom stereocenters. The minimum atomic E-state index is -0.595. The first-order valence-corrected chi connectivity index (χ1v) is 15.0. The van der Waals surface area contributed by atoms with E-state index in [2.05, 4.69) is 53.5 Å². The first kappa shape index (κ1) is 29.4. The second kappa shape index (κ2) is 14.7. The quantitative estimate of drug-likeness (QED) is 0.271. The monoisotopic (exact) mass is 563 g/mol. The minimum Gasteiger partial charge on any atom is -0.455 e. The third-order valence-corrected chi connectivity index (χ3v) is 8.53. The third-order valence-electron chi connectivity index (χ3n) is 8.53. The number of carbonyl (C=O) groups excluding carboxylic acids is 3. The number of benzene rings is 1. The van der Waals surface area contributed by atoms with Crippen LogP contribution in [0.4, 0.5) is 0 Å². The summed E-state index contributed by atoms with van der Waals surface area (Å²) < 4.78 is 21.9. The van der Waals surface area contributed by atoms with Gasteiger partial charge in [0, 0.05) is 49.8 Å². The Morgan fingerprint density at radius 1 is 1.02 bits per heavy atom. The number of esters is 2. The molecule has 2 fully saturated rings. The number of hydrogen-bond donors (Lipinski definition) is 0. The van der Waals surface area contributed by atoms with Crippen molar-refractivity contribution in [2.24, 2.45) is 11.8 Å². The van der Waals surface area contributed by atoms with Crippen LogP contribution >= 0.6 is 0 Å². The molecule has 0 bridgehead atoms. The average molecular weight is 564 g/mol. The molecule has 41 heavy (non-hydrogen) atoms. The van der Waals surface area contributed by atoms with Gasteiger partial charge in [-0.1, -0.05) is 54.6 Å². The van der Waals surface area contributed by atoms with Crippen molar-refractivity contribution in [1.82, 2.24) is 4.90 Å². The van der Waals surface area contributed by atoms with Crippen molar-refractivity contribution in [1.29, 1.82) is 0 Å². The number of allylic oxidation sites excluding steroid dienone is 3. The summed E-state index contributed by atoms with van der Waals surface area (Å²) in [6.07, 6.45) is 15.0. The highest BCUT2D eigenvalue weighted by Crippen LogP contribution is 2.36. The molecule has 0 spiro atoms. The predicted molar refractivity (Wildman–Crippen MR) is 153 cm³/mol. The van der Waals surface area contributed by atoms with Gasteiger partial charge in [-0.15, -0.1) is 0 Å². The summed E-state index contributed by atoms with van der Waals surface area (Å²) in [5, 5.41) is 0. The van der Waals surface area contributed by atoms with Gasteiger partial charge >= 0.3 is 11.9 Å². The van der Waals surface area contributed by atoms with Crippen molar-refractivity contribution in [3.05, 3.63) is 72.0 Å². The molecule has 2 heterocycles. The van der Waals surface area contributed by atoms with Gasteiger partial charge in [-0.3, -0.25) is 14.5 Å². The maximum Gasteiger partial charge on any atom is 0.374 e. The molecule has 1 saturated heterocycles. The van der Waals surface area contributed by atoms with Crippen LogP contribution in [0.2, 0.25) is 0 Å². The number of cyclic esters (lactones) is 1. The molecule has 0 radical (unpaired) electrons. The average Bonchev–Trinajstić information content (AvgIpc) is 3.55. The van der Waals surface area contributed by atoms with E-state index in [0.29, 0.717) is 44.5 Å². The Morgan fingerprint density at radius 3 is 2.56 bits per heavy atom. The highest BCUT2D eigenvalue weighted by atomic mass is 16.6. The summed E-state index contributed by atoms with van der Waals surface area (Å²) in [5.74, 6) is 0.163. The number of rotatable bonds is 12. The van der Waals surface area contributed by atoms with Crippen LogP contribution in [-0.4, -0.2) is 74.3 Å². The lowest BCUT2D eigenvalue weighted by molar-refractivity contribution is -0.148. The summed E-state index contributed by atoms with van der Waals surface area (Å²) in [4.78, 5) is 38.9. The number of ketones is 1. The van der Waals surface area contributed by atoms with Gasteiger partial charge in [0.25, 0.3) is 0 Å². The molecule has 220 valence electrons. The van der Waals surface area contributed by atoms with Gasteiger partial charge in [0.2, 0.25) is 5.76 Å². The second-order valence-corrected chi connectivity index (χ2v) is 11.3. The van der Waals surface area contributed by atoms with E-state index in [9.17, 15) is 14.4 Å². The summed E-state index contributed by atoms with van der Waals surface area (Å²) in [5.41, 5.74) is 1.36. The molecule has 2 aliphatic carbocycles. The van der Waals surface area contributed by atoms with E-state index >= 15 is 0 Å². The molecular weight excluding hydrogens is 522 g/mol. The molecule has 0 amide bonds. The maximum absolute atomic E-state index is 13.2. The highest BCUT2D eigenvalue weighted by Gasteiger charge is 2.46. The molecule has 0 N–H and O–H groups in total. The maximum atomic E-state index is 13.2. The van der Waals surface area contributed by atoms with Crippen LogP contribution in [0.3, 0.4) is 0 Å². The molecule has 2 aliphatic heterocycles. The summed E-state index contributed by atoms with van der Waals surface area (Å²) in [7, 11) is 0. The number of ether oxygens (including phenoxy) is 4. The van der Waals surface area contributed by atoms with Crippen LogP contribution in [0.25, 0.3) is 0 Å². The number of Topliss-reactive ketones (excluding diaryl/α,β-unsaturated/α-hetero) is 1. The van der Waals surface area contributed by atoms with Gasteiger partial charge < -0.3 is 18.9 Å². The topological polar surface area (TPSA) is 91.4 Å². The molecule has 1 saturated carbocycles. The van der Waals surface area contributed by atoms with Crippen LogP contribution in [0.1, 0.15) is 56.4 Å². The van der Waals surface area contributed by atoms with E-state index in [1.54, 1.807) is 0 Å². The van der Waals surface area contributed by atoms with Crippen molar-refractivity contribution < 1.29 is 33.3 Å². The summed E-state index contributed by atoms with van der Waals surface area (Å²) in [6, 6.07) is 10.5. The van der Waals surface area contributed by atoms with Crippen LogP contribution < -0.4 is 0 Å². The molecule has 1 aromatic carbocycles. The van der Waals surface area contributed by atoms with Gasteiger partial charge in [0.15, 0.2) is 5.78 Å². The highest BCUT2D eigenvalue weighted by molar-refractivity contribution is 5.91. The Kier molecular flexibility index (Phi) is 10.6. The number of nitrogens with zero attached hydrogens (tertiary/aromatic N) is 1. The van der Waals surface area contributed by atoms with Crippen molar-refractivity contribution in [2.45, 2.75) is 63.0 Å². The van der Waals surface area contributed by atoms with Crippen molar-refractivity contribution >= 4 is 17.7 Å². The van der Waals surface area contributed by atoms with Gasteiger partial charge in [0.1, 0.15) is 6.61 Å². The first-order valence-electron chi connectivity index (χ1n) is 15.0. The molecule has 5 rings (SSSR count). The van der Waals surface area contributed by atoms with Crippen molar-refractivity contribution in [3.63, 3.8) is 0 Å². The lowest BCUT2D eigenvalue weighted by Gasteiger charge is -2.36. The molecule has 8 heteroatoms. The standard InChI is InChI=1S/C33H41NO7/c35-28-22-30(40-23-24-12-14-26(15-13-24)25-8-4-3-5-9-25)27(32(28)34-17-20-38-21-18-34)10-6-1-2-7-11-31(36)41-29-16-19-39-33(29)37/h1-5,8-9,12,14,16,24,26-27,30,32H,6-7,10-11,13,15,17-23H2/b2-1-/t24?,26?,27-,30-,32+/m1/s1. The molecule has 1 aromatic rings. The molecule has 4 aliphatic rings. The smallest absolute Gasteiger partial charge is 0.374 e. The van der Waals surface area contributed by atoms with Gasteiger partial charge in [-0.2, -0.15) is 0 Å². The molecule has 0 aromatic heterocycles. The lowest BCUT2D eigenvalue weighted by Crippen LogP contribution is -2.49. The zero-order chi connectivity index (χ0) is 28.4. The molecule has 2 unspecified atom stereocenters. The van der Waals surface area contributed by atoms with Crippen LogP contribution in [0, 0.1) is 11.8 Å². The summed E-state index contributed by atoms with van der Waals surface area (Å²) >= 11 is 0. The summed E-state index contributed by atoms with van der Waals surface area (Å²) in [6.45, 7) is 3.64. The largest absolute Gasteiger partial charge is 0.455 e. The Labute approximate surface area is 242 Å². The van der Waals surface area contributed by atoms with Gasteiger partial charge in [0.05, 0.1) is 32.0 Å². The van der Waals surface area contributed by atoms with Gasteiger partial charge in [-0.25, -0.2) is 4.79 Å². The Balaban J connectivity index is 1.12. The Bertz CT molecular complexity index is 1140. The van der Waals surface area contributed by atoms with Gasteiger partial charge in [-0.05, 0) is 37.7 Å². The predicted octanol–water partition coefficient (Wildman–Crippen LogP) is 4.51. The van der Waals surface area contributed by atoms with E-state index in [1.807, 2.05) is 6.08 Å². The number of hydrogen-bond acceptors (Lipinski definition) is 8. The first-order chi connectivity index (χ1) is 20.1. The van der Waals surface area contributed by atoms with Crippen LogP contribution in [-0.2, 0) is 33.3 Å². The number of carbonyl (C=O) groups is 3. The lowest BCUT2D eigenvalue weighted by atomic mass is 9.85. The fourth-order valence-corrected chi connectivity index (χ4v) is 6.34. The molecular formula is C33H41NO7.